The summed E-state index contributed by atoms with van der Waals surface area (Å²) in [7, 11) is 0. The molecule has 0 fully saturated rings. The second-order valence-electron chi connectivity index (χ2n) is 6.48. The van der Waals surface area contributed by atoms with Gasteiger partial charge in [0.2, 0.25) is 0 Å². The Kier molecular flexibility index (Phi) is 7.26. The van der Waals surface area contributed by atoms with E-state index in [-0.39, 0.29) is 30.3 Å². The minimum Gasteiger partial charge on any atom is -0.483 e. The fourth-order valence-electron chi connectivity index (χ4n) is 2.28. The van der Waals surface area contributed by atoms with Gasteiger partial charge in [0.1, 0.15) is 5.75 Å². The molecule has 0 saturated heterocycles. The van der Waals surface area contributed by atoms with Crippen LogP contribution in [0.2, 0.25) is 0 Å². The van der Waals surface area contributed by atoms with Crippen LogP contribution in [0.4, 0.5) is 5.69 Å². The second kappa shape index (κ2) is 8.71. The molecule has 0 saturated carbocycles. The van der Waals surface area contributed by atoms with Gasteiger partial charge in [-0.25, -0.2) is 0 Å². The first-order valence-corrected chi connectivity index (χ1v) is 7.71. The van der Waals surface area contributed by atoms with E-state index in [0.29, 0.717) is 6.54 Å². The number of benzene rings is 2. The summed E-state index contributed by atoms with van der Waals surface area (Å²) in [6.07, 6.45) is 0. The molecule has 3 N–H and O–H groups in total. The van der Waals surface area contributed by atoms with Crippen molar-refractivity contribution in [3.05, 3.63) is 59.7 Å². The van der Waals surface area contributed by atoms with Gasteiger partial charge in [-0.05, 0) is 34.7 Å². The van der Waals surface area contributed by atoms with Gasteiger partial charge in [0.05, 0.1) is 0 Å². The predicted octanol–water partition coefficient (Wildman–Crippen LogP) is 3.88. The molecule has 4 nitrogen and oxygen atoms in total. The zero-order valence-electron chi connectivity index (χ0n) is 14.3. The molecule has 0 aliphatic heterocycles. The number of hydrogen-bond acceptors (Lipinski definition) is 3. The van der Waals surface area contributed by atoms with Crippen LogP contribution in [0, 0.1) is 0 Å². The summed E-state index contributed by atoms with van der Waals surface area (Å²) in [6, 6.07) is 15.3. The van der Waals surface area contributed by atoms with Gasteiger partial charge >= 0.3 is 0 Å². The summed E-state index contributed by atoms with van der Waals surface area (Å²) in [4.78, 5) is 12.0. The number of nitrogens with one attached hydrogen (secondary N) is 1. The van der Waals surface area contributed by atoms with E-state index in [9.17, 15) is 4.79 Å². The molecule has 0 aliphatic carbocycles. The molecule has 0 unspecified atom stereocenters. The van der Waals surface area contributed by atoms with E-state index in [4.69, 9.17) is 10.5 Å². The minimum absolute atomic E-state index is 0. The lowest BCUT2D eigenvalue weighted by atomic mass is 9.86. The molecule has 130 valence electrons. The number of ether oxygens (including phenoxy) is 1. The number of nitrogens with two attached hydrogens (primary N) is 1. The Morgan fingerprint density at radius 3 is 2.29 bits per heavy atom. The van der Waals surface area contributed by atoms with Gasteiger partial charge in [-0.2, -0.15) is 0 Å². The van der Waals surface area contributed by atoms with Gasteiger partial charge in [0.15, 0.2) is 6.61 Å². The number of halogens is 1. The maximum atomic E-state index is 12.0. The van der Waals surface area contributed by atoms with Crippen molar-refractivity contribution in [3.8, 4) is 5.75 Å². The van der Waals surface area contributed by atoms with Crippen LogP contribution in [0.15, 0.2) is 48.5 Å². The second-order valence-corrected chi connectivity index (χ2v) is 6.48. The molecule has 0 radical (unpaired) electrons. The molecule has 2 rings (SSSR count). The third-order valence-electron chi connectivity index (χ3n) is 3.53. The Morgan fingerprint density at radius 2 is 1.71 bits per heavy atom. The molecule has 0 atom stereocenters. The maximum absolute atomic E-state index is 12.0. The molecule has 0 aliphatic rings. The van der Waals surface area contributed by atoms with Crippen LogP contribution in [0.3, 0.4) is 0 Å². The highest BCUT2D eigenvalue weighted by Gasteiger charge is 2.18. The smallest absolute Gasteiger partial charge is 0.262 e. The van der Waals surface area contributed by atoms with E-state index in [2.05, 4.69) is 26.1 Å². The van der Waals surface area contributed by atoms with Gasteiger partial charge in [0.25, 0.3) is 5.91 Å². The molecular formula is C19H25ClN2O2. The monoisotopic (exact) mass is 348 g/mol. The summed E-state index contributed by atoms with van der Waals surface area (Å²) in [5.41, 5.74) is 8.36. The topological polar surface area (TPSA) is 64.3 Å². The van der Waals surface area contributed by atoms with Crippen LogP contribution >= 0.6 is 12.4 Å². The van der Waals surface area contributed by atoms with E-state index in [1.807, 2.05) is 48.5 Å². The normalized spacial score (nSPS) is 10.7. The Balaban J connectivity index is 0.00000288. The molecule has 1 amide bonds. The highest BCUT2D eigenvalue weighted by atomic mass is 35.5. The van der Waals surface area contributed by atoms with Gasteiger partial charge < -0.3 is 15.8 Å². The Morgan fingerprint density at radius 1 is 1.08 bits per heavy atom. The van der Waals surface area contributed by atoms with Crippen LogP contribution < -0.4 is 15.8 Å². The van der Waals surface area contributed by atoms with Gasteiger partial charge in [0, 0.05) is 12.2 Å². The van der Waals surface area contributed by atoms with Crippen molar-refractivity contribution in [3.63, 3.8) is 0 Å². The van der Waals surface area contributed by atoms with Crippen molar-refractivity contribution in [2.45, 2.75) is 32.7 Å². The van der Waals surface area contributed by atoms with Crippen molar-refractivity contribution in [2.24, 2.45) is 5.73 Å². The van der Waals surface area contributed by atoms with E-state index in [1.165, 1.54) is 0 Å². The Hall–Kier alpha value is -2.04. The Bertz CT molecular complexity index is 664. The van der Waals surface area contributed by atoms with E-state index in [1.54, 1.807) is 0 Å². The summed E-state index contributed by atoms with van der Waals surface area (Å²) < 4.78 is 5.71. The number of carbonyl (C=O) groups is 1. The van der Waals surface area contributed by atoms with Crippen molar-refractivity contribution in [1.29, 1.82) is 0 Å². The third-order valence-corrected chi connectivity index (χ3v) is 3.53. The first kappa shape index (κ1) is 20.0. The zero-order valence-corrected chi connectivity index (χ0v) is 15.2. The van der Waals surface area contributed by atoms with E-state index < -0.39 is 0 Å². The van der Waals surface area contributed by atoms with Gasteiger partial charge in [-0.3, -0.25) is 4.79 Å². The van der Waals surface area contributed by atoms with Crippen molar-refractivity contribution >= 4 is 24.0 Å². The summed E-state index contributed by atoms with van der Waals surface area (Å²) in [5, 5.41) is 2.82. The third kappa shape index (κ3) is 5.55. The van der Waals surface area contributed by atoms with Gasteiger partial charge in [-0.1, -0.05) is 51.1 Å². The molecule has 5 heteroatoms. The first-order chi connectivity index (χ1) is 10.9. The number of rotatable bonds is 5. The molecule has 0 spiro atoms. The number of carbonyl (C=O) groups excluding carboxylic acids is 1. The van der Waals surface area contributed by atoms with Crippen LogP contribution in [0.1, 0.15) is 31.9 Å². The Labute approximate surface area is 149 Å². The molecule has 24 heavy (non-hydrogen) atoms. The standard InChI is InChI=1S/C19H24N2O2.ClH/c1-19(2,3)16-6-4-5-7-17(16)23-13-18(22)21-15-10-8-14(12-20)9-11-15;/h4-11H,12-13,20H2,1-3H3,(H,21,22);1H. The number of hydrogen-bond donors (Lipinski definition) is 2. The van der Waals surface area contributed by atoms with Crippen LogP contribution in [-0.2, 0) is 16.8 Å². The largest absolute Gasteiger partial charge is 0.483 e. The van der Waals surface area contributed by atoms with Crippen LogP contribution in [0.25, 0.3) is 0 Å². The predicted molar refractivity (Wildman–Crippen MR) is 101 cm³/mol. The summed E-state index contributed by atoms with van der Waals surface area (Å²) >= 11 is 0. The highest BCUT2D eigenvalue weighted by Crippen LogP contribution is 2.30. The SMILES string of the molecule is CC(C)(C)c1ccccc1OCC(=O)Nc1ccc(CN)cc1.Cl. The first-order valence-electron chi connectivity index (χ1n) is 7.71. The molecule has 2 aromatic rings. The maximum Gasteiger partial charge on any atom is 0.262 e. The quantitative estimate of drug-likeness (QED) is 0.861. The lowest BCUT2D eigenvalue weighted by Gasteiger charge is -2.22. The summed E-state index contributed by atoms with van der Waals surface area (Å²) in [6.45, 7) is 6.82. The fourth-order valence-corrected chi connectivity index (χ4v) is 2.28. The van der Waals surface area contributed by atoms with Crippen molar-refractivity contribution in [1.82, 2.24) is 0 Å². The molecule has 0 aromatic heterocycles. The average Bonchev–Trinajstić information content (AvgIpc) is 2.53. The minimum atomic E-state index is -0.186. The zero-order chi connectivity index (χ0) is 16.9. The molecule has 2 aromatic carbocycles. The number of amides is 1. The van der Waals surface area contributed by atoms with Crippen molar-refractivity contribution in [2.75, 3.05) is 11.9 Å². The number of anilines is 1. The van der Waals surface area contributed by atoms with E-state index >= 15 is 0 Å². The number of para-hydroxylation sites is 1. The lowest BCUT2D eigenvalue weighted by molar-refractivity contribution is -0.118. The average molecular weight is 349 g/mol. The van der Waals surface area contributed by atoms with Crippen molar-refractivity contribution < 1.29 is 9.53 Å². The fraction of sp³-hybridized carbons (Fsp3) is 0.316. The van der Waals surface area contributed by atoms with Crippen LogP contribution in [-0.4, -0.2) is 12.5 Å². The molecular weight excluding hydrogens is 324 g/mol. The van der Waals surface area contributed by atoms with Gasteiger partial charge in [-0.15, -0.1) is 12.4 Å². The highest BCUT2D eigenvalue weighted by molar-refractivity contribution is 5.91. The lowest BCUT2D eigenvalue weighted by Crippen LogP contribution is -2.22. The summed E-state index contributed by atoms with van der Waals surface area (Å²) in [5.74, 6) is 0.558. The van der Waals surface area contributed by atoms with E-state index in [0.717, 1.165) is 22.6 Å². The molecule has 0 heterocycles. The molecule has 0 bridgehead atoms. The van der Waals surface area contributed by atoms with Crippen LogP contribution in [0.5, 0.6) is 5.75 Å².